The van der Waals surface area contributed by atoms with Crippen molar-refractivity contribution in [1.82, 2.24) is 5.32 Å². The number of para-hydroxylation sites is 1. The number of amides is 2. The van der Waals surface area contributed by atoms with Crippen LogP contribution in [0.2, 0.25) is 0 Å². The molecule has 0 unspecified atom stereocenters. The molecule has 226 valence electrons. The van der Waals surface area contributed by atoms with Crippen LogP contribution in [0, 0.1) is 30.5 Å². The zero-order valence-electron chi connectivity index (χ0n) is 24.0. The van der Waals surface area contributed by atoms with E-state index in [9.17, 15) is 31.9 Å². The van der Waals surface area contributed by atoms with Crippen molar-refractivity contribution in [3.8, 4) is 0 Å². The Kier molecular flexibility index (Phi) is 9.08. The molecule has 2 aromatic rings. The number of fused-ring (bicyclic) bond motifs is 1. The van der Waals surface area contributed by atoms with Gasteiger partial charge in [0.1, 0.15) is 11.4 Å². The molecular formula is C31H35F4N3O4. The molecule has 4 rings (SSSR count). The minimum Gasteiger partial charge on any atom is -0.460 e. The van der Waals surface area contributed by atoms with Crippen LogP contribution in [0.1, 0.15) is 69.6 Å². The lowest BCUT2D eigenvalue weighted by atomic mass is 9.83. The molecule has 0 saturated heterocycles. The van der Waals surface area contributed by atoms with Gasteiger partial charge in [0.25, 0.3) is 5.91 Å². The lowest BCUT2D eigenvalue weighted by molar-refractivity contribution is -0.167. The summed E-state index contributed by atoms with van der Waals surface area (Å²) in [6, 6.07) is 11.3. The molecule has 1 aliphatic heterocycles. The molecule has 1 heterocycles. The molecule has 2 amide bonds. The van der Waals surface area contributed by atoms with Crippen LogP contribution in [0.3, 0.4) is 0 Å². The van der Waals surface area contributed by atoms with Crippen LogP contribution < -0.4 is 10.6 Å². The van der Waals surface area contributed by atoms with Crippen LogP contribution >= 0.6 is 0 Å². The maximum Gasteiger partial charge on any atom is 0.389 e. The van der Waals surface area contributed by atoms with Crippen LogP contribution in [0.15, 0.2) is 47.5 Å². The van der Waals surface area contributed by atoms with Gasteiger partial charge < -0.3 is 15.4 Å². The van der Waals surface area contributed by atoms with E-state index in [-0.39, 0.29) is 29.3 Å². The highest BCUT2D eigenvalue weighted by Gasteiger charge is 2.43. The molecule has 3 atom stereocenters. The zero-order valence-corrected chi connectivity index (χ0v) is 24.0. The van der Waals surface area contributed by atoms with Crippen molar-refractivity contribution in [1.29, 1.82) is 0 Å². The number of benzodiazepines with no additional fused rings is 1. The summed E-state index contributed by atoms with van der Waals surface area (Å²) in [5.74, 6) is -5.78. The number of aliphatic imine (C=N–C) groups is 1. The predicted octanol–water partition coefficient (Wildman–Crippen LogP) is 6.08. The monoisotopic (exact) mass is 589 g/mol. The SMILES string of the molecule is Cc1ccc(C2=N[C@H](NC(=O)[C@H](CCC(F)(F)F)[C@H](CC3CC3)C(=O)OC(C)(C)C)C(=O)Nc3c(F)cccc32)cc1. The van der Waals surface area contributed by atoms with Crippen molar-refractivity contribution in [3.63, 3.8) is 0 Å². The number of carbonyl (C=O) groups excluding carboxylic acids is 3. The van der Waals surface area contributed by atoms with Crippen molar-refractivity contribution in [2.75, 3.05) is 5.32 Å². The summed E-state index contributed by atoms with van der Waals surface area (Å²) in [5.41, 5.74) is 0.918. The first kappa shape index (κ1) is 31.2. The third-order valence-corrected chi connectivity index (χ3v) is 7.18. The minimum atomic E-state index is -4.58. The molecular weight excluding hydrogens is 554 g/mol. The van der Waals surface area contributed by atoms with E-state index in [1.807, 2.05) is 6.92 Å². The summed E-state index contributed by atoms with van der Waals surface area (Å²) >= 11 is 0. The molecule has 2 aromatic carbocycles. The van der Waals surface area contributed by atoms with Gasteiger partial charge in [0.2, 0.25) is 12.1 Å². The topological polar surface area (TPSA) is 96.9 Å². The number of aryl methyl sites for hydroxylation is 1. The summed E-state index contributed by atoms with van der Waals surface area (Å²) < 4.78 is 60.4. The smallest absolute Gasteiger partial charge is 0.389 e. The maximum absolute atomic E-state index is 14.9. The highest BCUT2D eigenvalue weighted by molar-refractivity contribution is 6.20. The Hall–Kier alpha value is -3.76. The van der Waals surface area contributed by atoms with Gasteiger partial charge in [0, 0.05) is 17.5 Å². The highest BCUT2D eigenvalue weighted by Crippen LogP contribution is 2.40. The fourth-order valence-electron chi connectivity index (χ4n) is 4.93. The number of nitrogens with zero attached hydrogens (tertiary/aromatic N) is 1. The van der Waals surface area contributed by atoms with E-state index in [4.69, 9.17) is 4.74 Å². The van der Waals surface area contributed by atoms with E-state index in [1.165, 1.54) is 12.1 Å². The molecule has 2 aliphatic rings. The zero-order chi connectivity index (χ0) is 30.8. The van der Waals surface area contributed by atoms with Gasteiger partial charge in [0.15, 0.2) is 0 Å². The first-order valence-electron chi connectivity index (χ1n) is 14.0. The fraction of sp³-hybridized carbons (Fsp3) is 0.484. The number of esters is 1. The number of rotatable bonds is 9. The summed E-state index contributed by atoms with van der Waals surface area (Å²) in [5, 5.41) is 4.93. The number of hydrogen-bond acceptors (Lipinski definition) is 5. The third-order valence-electron chi connectivity index (χ3n) is 7.18. The first-order valence-corrected chi connectivity index (χ1v) is 14.0. The largest absolute Gasteiger partial charge is 0.460 e. The average Bonchev–Trinajstić information content (AvgIpc) is 3.71. The van der Waals surface area contributed by atoms with Gasteiger partial charge in [0.05, 0.1) is 23.2 Å². The molecule has 0 spiro atoms. The van der Waals surface area contributed by atoms with Crippen molar-refractivity contribution in [2.45, 2.75) is 77.7 Å². The molecule has 2 N–H and O–H groups in total. The minimum absolute atomic E-state index is 0.0912. The number of alkyl halides is 3. The van der Waals surface area contributed by atoms with Crippen LogP contribution in [0.5, 0.6) is 0 Å². The second kappa shape index (κ2) is 12.2. The fourth-order valence-corrected chi connectivity index (χ4v) is 4.93. The van der Waals surface area contributed by atoms with E-state index >= 15 is 0 Å². The molecule has 0 radical (unpaired) electrons. The van der Waals surface area contributed by atoms with Crippen molar-refractivity contribution in [2.24, 2.45) is 22.7 Å². The number of carbonyl (C=O) groups is 3. The number of benzene rings is 2. The molecule has 11 heteroatoms. The number of nitrogens with one attached hydrogen (secondary N) is 2. The second-order valence-electron chi connectivity index (χ2n) is 12.0. The van der Waals surface area contributed by atoms with Crippen LogP contribution in [-0.4, -0.2) is 41.4 Å². The van der Waals surface area contributed by atoms with E-state index in [0.29, 0.717) is 5.56 Å². The summed E-state index contributed by atoms with van der Waals surface area (Å²) in [7, 11) is 0. The van der Waals surface area contributed by atoms with Gasteiger partial charge in [-0.2, -0.15) is 13.2 Å². The lowest BCUT2D eigenvalue weighted by Gasteiger charge is -2.29. The Labute approximate surface area is 242 Å². The summed E-state index contributed by atoms with van der Waals surface area (Å²) in [6.07, 6.45) is -6.38. The molecule has 0 aromatic heterocycles. The standard InChI is InChI=1S/C31H35F4N3O4/c1-17-8-12-19(13-9-17)24-21-6-5-7-23(32)25(21)37-28(40)26(36-24)38-27(39)20(14-15-31(33,34)35)22(16-18-10-11-18)29(41)42-30(2,3)4/h5-9,12-13,18,20,22,26H,10-11,14-16H2,1-4H3,(H,37,40)(H,38,39)/t20-,22+,26-/m1/s1. The third kappa shape index (κ3) is 8.17. The van der Waals surface area contributed by atoms with Crippen molar-refractivity contribution in [3.05, 3.63) is 65.0 Å². The van der Waals surface area contributed by atoms with Crippen LogP contribution in [0.4, 0.5) is 23.2 Å². The van der Waals surface area contributed by atoms with E-state index in [1.54, 1.807) is 51.1 Å². The van der Waals surface area contributed by atoms with Gasteiger partial charge in [-0.1, -0.05) is 54.8 Å². The second-order valence-corrected chi connectivity index (χ2v) is 12.0. The van der Waals surface area contributed by atoms with Gasteiger partial charge >= 0.3 is 12.1 Å². The Balaban J connectivity index is 1.70. The van der Waals surface area contributed by atoms with E-state index < -0.39 is 66.2 Å². The normalized spacial score (nSPS) is 18.6. The number of anilines is 1. The summed E-state index contributed by atoms with van der Waals surface area (Å²) in [4.78, 5) is 44.7. The predicted molar refractivity (Wildman–Crippen MR) is 149 cm³/mol. The van der Waals surface area contributed by atoms with E-state index in [2.05, 4.69) is 15.6 Å². The maximum atomic E-state index is 14.9. The highest BCUT2D eigenvalue weighted by atomic mass is 19.4. The molecule has 7 nitrogen and oxygen atoms in total. The van der Waals surface area contributed by atoms with Crippen molar-refractivity contribution < 1.29 is 36.7 Å². The summed E-state index contributed by atoms with van der Waals surface area (Å²) in [6.45, 7) is 6.79. The van der Waals surface area contributed by atoms with Crippen LogP contribution in [0.25, 0.3) is 0 Å². The Morgan fingerprint density at radius 1 is 1.07 bits per heavy atom. The van der Waals surface area contributed by atoms with E-state index in [0.717, 1.165) is 18.4 Å². The Bertz CT molecular complexity index is 1360. The number of ether oxygens (including phenoxy) is 1. The number of halogens is 4. The number of hydrogen-bond donors (Lipinski definition) is 2. The molecule has 1 saturated carbocycles. The Morgan fingerprint density at radius 2 is 1.74 bits per heavy atom. The van der Waals surface area contributed by atoms with Crippen molar-refractivity contribution >= 4 is 29.2 Å². The van der Waals surface area contributed by atoms with Crippen LogP contribution in [-0.2, 0) is 19.1 Å². The first-order chi connectivity index (χ1) is 19.6. The average molecular weight is 590 g/mol. The van der Waals surface area contributed by atoms with Gasteiger partial charge in [-0.25, -0.2) is 9.38 Å². The van der Waals surface area contributed by atoms with Gasteiger partial charge in [-0.3, -0.25) is 14.4 Å². The van der Waals surface area contributed by atoms with Gasteiger partial charge in [-0.15, -0.1) is 0 Å². The molecule has 0 bridgehead atoms. The lowest BCUT2D eigenvalue weighted by Crippen LogP contribution is -2.48. The quantitative estimate of drug-likeness (QED) is 0.274. The van der Waals surface area contributed by atoms with Gasteiger partial charge in [-0.05, 0) is 52.5 Å². The Morgan fingerprint density at radius 3 is 2.33 bits per heavy atom. The molecule has 1 aliphatic carbocycles. The molecule has 1 fully saturated rings. The molecule has 42 heavy (non-hydrogen) atoms.